The SMILES string of the molecule is N#Cc1ccc(F)c(COc2c(I)cc(I)cc2I)c1. The van der Waals surface area contributed by atoms with Crippen molar-refractivity contribution >= 4 is 67.8 Å². The standard InChI is InChI=1S/C14H7FI3NO/c15-11-2-1-8(6-19)3-9(11)7-20-14-12(17)4-10(16)5-13(14)18/h1-5H,7H2. The summed E-state index contributed by atoms with van der Waals surface area (Å²) in [4.78, 5) is 0. The van der Waals surface area contributed by atoms with Crippen LogP contribution in [0, 0.1) is 27.9 Å². The first kappa shape index (κ1) is 16.2. The minimum Gasteiger partial charge on any atom is -0.487 e. The molecule has 0 aliphatic rings. The van der Waals surface area contributed by atoms with Crippen molar-refractivity contribution in [3.8, 4) is 11.8 Å². The Balaban J connectivity index is 2.24. The van der Waals surface area contributed by atoms with Gasteiger partial charge < -0.3 is 4.74 Å². The number of rotatable bonds is 3. The Morgan fingerprint density at radius 3 is 2.35 bits per heavy atom. The summed E-state index contributed by atoms with van der Waals surface area (Å²) in [5.74, 6) is 0.382. The van der Waals surface area contributed by atoms with Crippen LogP contribution in [0.5, 0.6) is 5.75 Å². The quantitative estimate of drug-likeness (QED) is 0.458. The van der Waals surface area contributed by atoms with E-state index in [9.17, 15) is 4.39 Å². The molecule has 20 heavy (non-hydrogen) atoms. The molecule has 0 bridgehead atoms. The molecule has 0 saturated heterocycles. The zero-order valence-corrected chi connectivity index (χ0v) is 16.4. The lowest BCUT2D eigenvalue weighted by Gasteiger charge is -2.11. The average Bonchev–Trinajstić information content (AvgIpc) is 2.39. The summed E-state index contributed by atoms with van der Waals surface area (Å²) in [7, 11) is 0. The molecule has 0 amide bonds. The Morgan fingerprint density at radius 2 is 1.75 bits per heavy atom. The van der Waals surface area contributed by atoms with Crippen molar-refractivity contribution < 1.29 is 9.13 Å². The van der Waals surface area contributed by atoms with Crippen LogP contribution in [-0.2, 0) is 6.61 Å². The fourth-order valence-electron chi connectivity index (χ4n) is 1.57. The first-order chi connectivity index (χ1) is 9.51. The molecule has 2 aromatic carbocycles. The van der Waals surface area contributed by atoms with Gasteiger partial charge in [0.1, 0.15) is 18.2 Å². The normalized spacial score (nSPS) is 10.2. The van der Waals surface area contributed by atoms with Crippen LogP contribution in [0.1, 0.15) is 11.1 Å². The maximum absolute atomic E-state index is 13.7. The van der Waals surface area contributed by atoms with Gasteiger partial charge in [-0.3, -0.25) is 0 Å². The molecule has 0 aromatic heterocycles. The van der Waals surface area contributed by atoms with E-state index >= 15 is 0 Å². The van der Waals surface area contributed by atoms with Crippen molar-refractivity contribution in [3.05, 3.63) is 58.0 Å². The Labute approximate surface area is 157 Å². The molecule has 6 heteroatoms. The minimum atomic E-state index is -0.362. The predicted molar refractivity (Wildman–Crippen MR) is 100 cm³/mol. The van der Waals surface area contributed by atoms with Crippen molar-refractivity contribution in [1.82, 2.24) is 0 Å². The van der Waals surface area contributed by atoms with Gasteiger partial charge in [-0.25, -0.2) is 4.39 Å². The second-order valence-electron chi connectivity index (χ2n) is 3.91. The van der Waals surface area contributed by atoms with Gasteiger partial charge in [0.05, 0.1) is 18.8 Å². The average molecular weight is 605 g/mol. The zero-order valence-electron chi connectivity index (χ0n) is 9.96. The Morgan fingerprint density at radius 1 is 1.10 bits per heavy atom. The van der Waals surface area contributed by atoms with Crippen LogP contribution in [0.15, 0.2) is 30.3 Å². The van der Waals surface area contributed by atoms with Crippen molar-refractivity contribution in [2.45, 2.75) is 6.61 Å². The number of ether oxygens (including phenoxy) is 1. The molecule has 2 aromatic rings. The van der Waals surface area contributed by atoms with Crippen molar-refractivity contribution in [1.29, 1.82) is 5.26 Å². The number of nitriles is 1. The molecule has 0 aliphatic carbocycles. The van der Waals surface area contributed by atoms with Gasteiger partial charge in [-0.1, -0.05) is 0 Å². The lowest BCUT2D eigenvalue weighted by Crippen LogP contribution is -2.02. The Bertz CT molecular complexity index is 674. The number of benzene rings is 2. The third kappa shape index (κ3) is 3.94. The van der Waals surface area contributed by atoms with Crippen LogP contribution >= 0.6 is 67.8 Å². The molecule has 0 atom stereocenters. The summed E-state index contributed by atoms with van der Waals surface area (Å²) in [5.41, 5.74) is 0.811. The molecule has 0 spiro atoms. The number of hydrogen-bond donors (Lipinski definition) is 0. The first-order valence-electron chi connectivity index (χ1n) is 5.47. The lowest BCUT2D eigenvalue weighted by molar-refractivity contribution is 0.295. The minimum absolute atomic E-state index is 0.105. The summed E-state index contributed by atoms with van der Waals surface area (Å²) in [6, 6.07) is 10.3. The summed E-state index contributed by atoms with van der Waals surface area (Å²) < 4.78 is 22.5. The van der Waals surface area contributed by atoms with E-state index in [1.807, 2.05) is 18.2 Å². The van der Waals surface area contributed by atoms with Gasteiger partial charge in [-0.2, -0.15) is 5.26 Å². The van der Waals surface area contributed by atoms with E-state index < -0.39 is 0 Å². The molecule has 0 N–H and O–H groups in total. The molecule has 0 saturated carbocycles. The largest absolute Gasteiger partial charge is 0.487 e. The van der Waals surface area contributed by atoms with Crippen LogP contribution < -0.4 is 4.74 Å². The highest BCUT2D eigenvalue weighted by Gasteiger charge is 2.10. The lowest BCUT2D eigenvalue weighted by atomic mass is 10.1. The second-order valence-corrected chi connectivity index (χ2v) is 7.48. The van der Waals surface area contributed by atoms with Gasteiger partial charge in [0.25, 0.3) is 0 Å². The molecule has 0 aliphatic heterocycles. The molecule has 2 nitrogen and oxygen atoms in total. The van der Waals surface area contributed by atoms with E-state index in [4.69, 9.17) is 10.00 Å². The van der Waals surface area contributed by atoms with E-state index in [-0.39, 0.29) is 12.4 Å². The zero-order chi connectivity index (χ0) is 14.7. The molecular formula is C14H7FI3NO. The topological polar surface area (TPSA) is 33.0 Å². The molecule has 2 rings (SSSR count). The van der Waals surface area contributed by atoms with Gasteiger partial charge in [0.15, 0.2) is 0 Å². The summed E-state index contributed by atoms with van der Waals surface area (Å²) in [6.45, 7) is 0.105. The molecular weight excluding hydrogens is 598 g/mol. The Hall–Kier alpha value is -0.150. The van der Waals surface area contributed by atoms with Gasteiger partial charge >= 0.3 is 0 Å². The number of hydrogen-bond acceptors (Lipinski definition) is 2. The monoisotopic (exact) mass is 605 g/mol. The maximum atomic E-state index is 13.7. The number of nitrogens with zero attached hydrogens (tertiary/aromatic N) is 1. The Kier molecular flexibility index (Phi) is 5.85. The summed E-state index contributed by atoms with van der Waals surface area (Å²) in [5, 5.41) is 8.84. The van der Waals surface area contributed by atoms with E-state index in [0.29, 0.717) is 11.1 Å². The van der Waals surface area contributed by atoms with E-state index in [1.54, 1.807) is 0 Å². The van der Waals surface area contributed by atoms with E-state index in [0.717, 1.165) is 16.5 Å². The maximum Gasteiger partial charge on any atom is 0.146 e. The van der Waals surface area contributed by atoms with Gasteiger partial charge in [-0.05, 0) is 98.1 Å². The van der Waals surface area contributed by atoms with Crippen LogP contribution in [-0.4, -0.2) is 0 Å². The first-order valence-corrected chi connectivity index (χ1v) is 8.70. The number of halogens is 4. The molecule has 102 valence electrons. The van der Waals surface area contributed by atoms with Gasteiger partial charge in [0, 0.05) is 9.13 Å². The second kappa shape index (κ2) is 7.22. The van der Waals surface area contributed by atoms with Crippen LogP contribution in [0.3, 0.4) is 0 Å². The van der Waals surface area contributed by atoms with Crippen LogP contribution in [0.4, 0.5) is 4.39 Å². The smallest absolute Gasteiger partial charge is 0.146 e. The molecule has 0 heterocycles. The highest BCUT2D eigenvalue weighted by atomic mass is 127. The third-order valence-electron chi connectivity index (χ3n) is 2.51. The third-order valence-corrected chi connectivity index (χ3v) is 4.74. The highest BCUT2D eigenvalue weighted by Crippen LogP contribution is 2.30. The molecule has 0 unspecified atom stereocenters. The molecule has 0 radical (unpaired) electrons. The predicted octanol–water partition coefficient (Wildman–Crippen LogP) is 5.09. The van der Waals surface area contributed by atoms with Crippen LogP contribution in [0.2, 0.25) is 0 Å². The van der Waals surface area contributed by atoms with Gasteiger partial charge in [0.2, 0.25) is 0 Å². The van der Waals surface area contributed by atoms with E-state index in [2.05, 4.69) is 67.8 Å². The summed E-state index contributed by atoms with van der Waals surface area (Å²) >= 11 is 6.63. The highest BCUT2D eigenvalue weighted by molar-refractivity contribution is 14.1. The van der Waals surface area contributed by atoms with Crippen molar-refractivity contribution in [3.63, 3.8) is 0 Å². The van der Waals surface area contributed by atoms with E-state index in [1.165, 1.54) is 18.2 Å². The molecule has 0 fully saturated rings. The fourth-order valence-corrected chi connectivity index (χ4v) is 5.47. The summed E-state index contributed by atoms with van der Waals surface area (Å²) in [6.07, 6.45) is 0. The van der Waals surface area contributed by atoms with Crippen molar-refractivity contribution in [2.24, 2.45) is 0 Å². The van der Waals surface area contributed by atoms with Crippen LogP contribution in [0.25, 0.3) is 0 Å². The fraction of sp³-hybridized carbons (Fsp3) is 0.0714. The van der Waals surface area contributed by atoms with Crippen molar-refractivity contribution in [2.75, 3.05) is 0 Å². The van der Waals surface area contributed by atoms with Gasteiger partial charge in [-0.15, -0.1) is 0 Å².